The van der Waals surface area contributed by atoms with Gasteiger partial charge in [-0.2, -0.15) is 8.42 Å². The van der Waals surface area contributed by atoms with Crippen molar-refractivity contribution in [2.75, 3.05) is 12.3 Å². The van der Waals surface area contributed by atoms with Crippen molar-refractivity contribution in [3.63, 3.8) is 0 Å². The van der Waals surface area contributed by atoms with E-state index in [4.69, 9.17) is 4.55 Å². The van der Waals surface area contributed by atoms with Crippen LogP contribution in [-0.4, -0.2) is 74.4 Å². The van der Waals surface area contributed by atoms with Gasteiger partial charge in [-0.15, -0.1) is 0 Å². The lowest BCUT2D eigenvalue weighted by molar-refractivity contribution is -0.349. The number of rotatable bonds is 11. The molecule has 4 fully saturated rings. The SMILES string of the molecule is CC(CCCC(O)(C(O)O)C(O)(O)NCCS(=O)(=O)O)C1C(=O)CC2C3CCC4CCCCC4(C)C3CCC21C. The molecule has 0 radical (unpaired) electrons. The Kier molecular flexibility index (Phi) is 9.23. The van der Waals surface area contributed by atoms with E-state index in [2.05, 4.69) is 13.8 Å². The standard InChI is InChI=1S/C29H51NO9S/c1-18(7-6-13-28(34,25(32)33)29(35,36)30-15-16-40(37,38)39)24-23(31)17-22-20-10-9-19-8-4-5-12-26(19,2)21(20)11-14-27(22,24)3/h18-22,24-25,30,32-36H,4-17H2,1-3H3,(H,37,38,39). The third-order valence-corrected chi connectivity index (χ3v) is 12.8. The molecule has 11 heteroatoms. The van der Waals surface area contributed by atoms with Gasteiger partial charge >= 0.3 is 0 Å². The molecule has 4 rings (SSSR count). The van der Waals surface area contributed by atoms with Crippen molar-refractivity contribution in [1.29, 1.82) is 0 Å². The van der Waals surface area contributed by atoms with E-state index in [0.717, 1.165) is 18.8 Å². The van der Waals surface area contributed by atoms with Gasteiger partial charge in [0, 0.05) is 18.9 Å². The summed E-state index contributed by atoms with van der Waals surface area (Å²) in [6.07, 6.45) is 8.23. The van der Waals surface area contributed by atoms with Crippen LogP contribution in [0.25, 0.3) is 0 Å². The van der Waals surface area contributed by atoms with Gasteiger partial charge in [0.15, 0.2) is 11.9 Å². The topological polar surface area (TPSA) is 185 Å². The average molecular weight is 590 g/mol. The number of carbonyl (C=O) groups is 1. The van der Waals surface area contributed by atoms with E-state index in [0.29, 0.717) is 41.8 Å². The van der Waals surface area contributed by atoms with Crippen LogP contribution in [0.2, 0.25) is 0 Å². The molecule has 0 aromatic heterocycles. The monoisotopic (exact) mass is 589 g/mol. The fourth-order valence-electron chi connectivity index (χ4n) is 9.94. The summed E-state index contributed by atoms with van der Waals surface area (Å²) in [5.74, 6) is -1.54. The maximum atomic E-state index is 13.6. The molecule has 10 nitrogen and oxygen atoms in total. The zero-order valence-electron chi connectivity index (χ0n) is 24.3. The van der Waals surface area contributed by atoms with Gasteiger partial charge < -0.3 is 25.5 Å². The van der Waals surface area contributed by atoms with Crippen LogP contribution in [0.5, 0.6) is 0 Å². The summed E-state index contributed by atoms with van der Waals surface area (Å²) in [4.78, 5) is 13.6. The lowest BCUT2D eigenvalue weighted by atomic mass is 9.44. The van der Waals surface area contributed by atoms with E-state index < -0.39 is 46.6 Å². The molecule has 9 atom stereocenters. The molecule has 232 valence electrons. The smallest absolute Gasteiger partial charge is 0.266 e. The molecule has 0 heterocycles. The second kappa shape index (κ2) is 11.4. The Balaban J connectivity index is 1.41. The summed E-state index contributed by atoms with van der Waals surface area (Å²) in [6, 6.07) is 0. The molecule has 9 unspecified atom stereocenters. The summed E-state index contributed by atoms with van der Waals surface area (Å²) >= 11 is 0. The molecule has 0 bridgehead atoms. The maximum Gasteiger partial charge on any atom is 0.266 e. The Morgan fingerprint density at radius 2 is 1.70 bits per heavy atom. The molecule has 0 amide bonds. The molecular weight excluding hydrogens is 538 g/mol. The van der Waals surface area contributed by atoms with E-state index in [1.807, 2.05) is 12.2 Å². The Bertz CT molecular complexity index is 1030. The van der Waals surface area contributed by atoms with Gasteiger partial charge in [-0.3, -0.25) is 14.7 Å². The van der Waals surface area contributed by atoms with Crippen LogP contribution < -0.4 is 5.32 Å². The molecule has 0 saturated heterocycles. The molecule has 0 aliphatic heterocycles. The highest BCUT2D eigenvalue weighted by atomic mass is 32.2. The largest absolute Gasteiger partial charge is 0.378 e. The normalized spacial score (nSPS) is 38.9. The van der Waals surface area contributed by atoms with Crippen molar-refractivity contribution in [2.45, 2.75) is 116 Å². The van der Waals surface area contributed by atoms with Gasteiger partial charge in [-0.05, 0) is 98.2 Å². The fourth-order valence-corrected chi connectivity index (χ4v) is 10.3. The number of carbonyl (C=O) groups excluding carboxylic acids is 1. The van der Waals surface area contributed by atoms with Crippen molar-refractivity contribution in [3.05, 3.63) is 0 Å². The van der Waals surface area contributed by atoms with Crippen molar-refractivity contribution >= 4 is 15.9 Å². The highest BCUT2D eigenvalue weighted by molar-refractivity contribution is 7.85. The van der Waals surface area contributed by atoms with E-state index in [-0.39, 0.29) is 23.7 Å². The molecule has 4 aliphatic rings. The van der Waals surface area contributed by atoms with Crippen molar-refractivity contribution < 1.29 is 43.3 Å². The minimum Gasteiger partial charge on any atom is -0.378 e. The van der Waals surface area contributed by atoms with Crippen molar-refractivity contribution in [1.82, 2.24) is 5.32 Å². The molecule has 7 N–H and O–H groups in total. The van der Waals surface area contributed by atoms with Crippen LogP contribution in [0.1, 0.15) is 97.8 Å². The summed E-state index contributed by atoms with van der Waals surface area (Å²) < 4.78 is 30.8. The number of fused-ring (bicyclic) bond motifs is 5. The molecule has 4 saturated carbocycles. The number of nitrogens with one attached hydrogen (secondary N) is 1. The Hall–Kier alpha value is -0.660. The number of aliphatic hydroxyl groups excluding tert-OH is 1. The van der Waals surface area contributed by atoms with Gasteiger partial charge in [0.2, 0.25) is 0 Å². The third-order valence-electron chi connectivity index (χ3n) is 12.0. The average Bonchev–Trinajstić information content (AvgIpc) is 3.12. The van der Waals surface area contributed by atoms with Crippen LogP contribution in [0, 0.1) is 46.3 Å². The van der Waals surface area contributed by atoms with Crippen LogP contribution in [0.4, 0.5) is 0 Å². The summed E-state index contributed by atoms with van der Waals surface area (Å²) in [5.41, 5.74) is -2.54. The molecule has 0 spiro atoms. The molecule has 40 heavy (non-hydrogen) atoms. The minimum atomic E-state index is -4.41. The van der Waals surface area contributed by atoms with Crippen molar-refractivity contribution in [2.24, 2.45) is 46.3 Å². The first-order valence-corrected chi connectivity index (χ1v) is 16.8. The van der Waals surface area contributed by atoms with Gasteiger partial charge in [0.05, 0.1) is 5.75 Å². The second-order valence-electron chi connectivity index (χ2n) is 14.1. The van der Waals surface area contributed by atoms with Gasteiger partial charge in [0.1, 0.15) is 5.78 Å². The Labute approximate surface area is 238 Å². The predicted octanol–water partition coefficient (Wildman–Crippen LogP) is 2.18. The van der Waals surface area contributed by atoms with Crippen LogP contribution >= 0.6 is 0 Å². The quantitative estimate of drug-likeness (QED) is 0.139. The first-order valence-electron chi connectivity index (χ1n) is 15.2. The molecule has 0 aromatic rings. The zero-order chi connectivity index (χ0) is 29.7. The third kappa shape index (κ3) is 5.78. The molecule has 4 aliphatic carbocycles. The number of hydrogen-bond acceptors (Lipinski definition) is 9. The minimum absolute atomic E-state index is 0.0416. The first-order chi connectivity index (χ1) is 18.5. The zero-order valence-corrected chi connectivity index (χ0v) is 25.1. The van der Waals surface area contributed by atoms with Gasteiger partial charge in [-0.25, -0.2) is 0 Å². The van der Waals surface area contributed by atoms with Crippen LogP contribution in [-0.2, 0) is 14.9 Å². The number of aliphatic hydroxyl groups is 5. The molecular formula is C29H51NO9S. The van der Waals surface area contributed by atoms with E-state index in [1.54, 1.807) is 0 Å². The number of ketones is 1. The summed E-state index contributed by atoms with van der Waals surface area (Å²) in [5, 5.41) is 53.2. The summed E-state index contributed by atoms with van der Waals surface area (Å²) in [7, 11) is -4.41. The van der Waals surface area contributed by atoms with Crippen LogP contribution in [0.3, 0.4) is 0 Å². The summed E-state index contributed by atoms with van der Waals surface area (Å²) in [6.45, 7) is 6.18. The van der Waals surface area contributed by atoms with E-state index in [9.17, 15) is 38.7 Å². The van der Waals surface area contributed by atoms with E-state index in [1.165, 1.54) is 38.5 Å². The second-order valence-corrected chi connectivity index (χ2v) is 15.7. The number of Topliss-reactive ketones (excluding diaryl/α,β-unsaturated/α-hetero) is 1. The highest BCUT2D eigenvalue weighted by Crippen LogP contribution is 2.67. The van der Waals surface area contributed by atoms with E-state index >= 15 is 0 Å². The maximum absolute atomic E-state index is 13.6. The predicted molar refractivity (Wildman–Crippen MR) is 148 cm³/mol. The van der Waals surface area contributed by atoms with Gasteiger partial charge in [-0.1, -0.05) is 33.6 Å². The molecule has 0 aromatic carbocycles. The van der Waals surface area contributed by atoms with Crippen LogP contribution in [0.15, 0.2) is 0 Å². The Morgan fingerprint density at radius 3 is 2.35 bits per heavy atom. The fraction of sp³-hybridized carbons (Fsp3) is 0.966. The first kappa shape index (κ1) is 32.3. The van der Waals surface area contributed by atoms with Gasteiger partial charge in [0.25, 0.3) is 16.0 Å². The number of hydrogen-bond donors (Lipinski definition) is 7. The lowest BCUT2D eigenvalue weighted by Gasteiger charge is -2.60. The Morgan fingerprint density at radius 1 is 1.00 bits per heavy atom. The lowest BCUT2D eigenvalue weighted by Crippen LogP contribution is -2.68. The highest BCUT2D eigenvalue weighted by Gasteiger charge is 2.62. The van der Waals surface area contributed by atoms with Crippen molar-refractivity contribution in [3.8, 4) is 0 Å².